The summed E-state index contributed by atoms with van der Waals surface area (Å²) in [5.74, 6) is 1.52. The second-order valence-electron chi connectivity index (χ2n) is 7.52. The molecule has 0 aliphatic heterocycles. The third-order valence-electron chi connectivity index (χ3n) is 5.02. The fourth-order valence-corrected chi connectivity index (χ4v) is 4.36. The van der Waals surface area contributed by atoms with Gasteiger partial charge in [0.1, 0.15) is 17.1 Å². The van der Waals surface area contributed by atoms with Gasteiger partial charge in [0.05, 0.1) is 6.54 Å². The minimum absolute atomic E-state index is 0.601. The highest BCUT2D eigenvalue weighted by Gasteiger charge is 2.31. The summed E-state index contributed by atoms with van der Waals surface area (Å²) in [5.41, 5.74) is -0.980. The highest BCUT2D eigenvalue weighted by atomic mass is 32.1. The van der Waals surface area contributed by atoms with Gasteiger partial charge in [0, 0.05) is 36.6 Å². The number of furan rings is 1. The molecule has 0 radical (unpaired) electrons. The van der Waals surface area contributed by atoms with Crippen molar-refractivity contribution in [2.24, 2.45) is 0 Å². The number of methoxy groups -OCH3 is 1. The van der Waals surface area contributed by atoms with Gasteiger partial charge in [0.25, 0.3) is 0 Å². The van der Waals surface area contributed by atoms with Crippen LogP contribution in [0.4, 0.5) is 0 Å². The standard InChI is InChI=1S/C24H35NO3S/c1-5-7-14-24(26,15-8-6-2)23-13-11-21(28-23)18-25(16-9-17-27-4)19-22-12-10-20(3)29-22/h5-6,10-13,26H,1-2,7-9,14-19H2,3-4H3. The summed E-state index contributed by atoms with van der Waals surface area (Å²) in [6.07, 6.45) is 7.32. The van der Waals surface area contributed by atoms with E-state index in [-0.39, 0.29) is 0 Å². The summed E-state index contributed by atoms with van der Waals surface area (Å²) in [4.78, 5) is 5.05. The summed E-state index contributed by atoms with van der Waals surface area (Å²) in [5, 5.41) is 11.2. The molecular formula is C24H35NO3S. The van der Waals surface area contributed by atoms with Crippen LogP contribution in [0.1, 0.15) is 53.4 Å². The van der Waals surface area contributed by atoms with Crippen molar-refractivity contribution in [2.75, 3.05) is 20.3 Å². The molecule has 2 heterocycles. The number of hydrogen-bond acceptors (Lipinski definition) is 5. The molecule has 0 aliphatic carbocycles. The van der Waals surface area contributed by atoms with E-state index < -0.39 is 5.60 Å². The van der Waals surface area contributed by atoms with E-state index in [1.165, 1.54) is 9.75 Å². The fraction of sp³-hybridized carbons (Fsp3) is 0.500. The van der Waals surface area contributed by atoms with Crippen LogP contribution in [-0.2, 0) is 23.4 Å². The minimum atomic E-state index is -0.980. The van der Waals surface area contributed by atoms with Crippen LogP contribution in [-0.4, -0.2) is 30.3 Å². The molecule has 29 heavy (non-hydrogen) atoms. The summed E-state index contributed by atoms with van der Waals surface area (Å²) < 4.78 is 11.4. The summed E-state index contributed by atoms with van der Waals surface area (Å²) in [7, 11) is 1.74. The Morgan fingerprint density at radius 1 is 1.14 bits per heavy atom. The first kappa shape index (κ1) is 23.6. The lowest BCUT2D eigenvalue weighted by Crippen LogP contribution is -2.25. The van der Waals surface area contributed by atoms with E-state index in [0.29, 0.717) is 25.1 Å². The van der Waals surface area contributed by atoms with E-state index in [9.17, 15) is 5.11 Å². The maximum Gasteiger partial charge on any atom is 0.135 e. The third-order valence-corrected chi connectivity index (χ3v) is 6.01. The van der Waals surface area contributed by atoms with Crippen molar-refractivity contribution in [2.45, 2.75) is 57.7 Å². The fourth-order valence-electron chi connectivity index (χ4n) is 3.42. The Kier molecular flexibility index (Phi) is 9.88. The van der Waals surface area contributed by atoms with Crippen LogP contribution in [0.5, 0.6) is 0 Å². The lowest BCUT2D eigenvalue weighted by atomic mass is 9.89. The molecule has 160 valence electrons. The van der Waals surface area contributed by atoms with Gasteiger partial charge in [-0.15, -0.1) is 24.5 Å². The zero-order valence-electron chi connectivity index (χ0n) is 17.9. The highest BCUT2D eigenvalue weighted by molar-refractivity contribution is 7.11. The summed E-state index contributed by atoms with van der Waals surface area (Å²) >= 11 is 1.83. The van der Waals surface area contributed by atoms with Gasteiger partial charge in [-0.3, -0.25) is 4.90 Å². The monoisotopic (exact) mass is 417 g/mol. The molecule has 0 atom stereocenters. The van der Waals surface area contributed by atoms with Gasteiger partial charge in [0.15, 0.2) is 0 Å². The third kappa shape index (κ3) is 7.59. The first-order valence-electron chi connectivity index (χ1n) is 10.3. The van der Waals surface area contributed by atoms with Crippen molar-refractivity contribution in [3.05, 3.63) is 70.9 Å². The topological polar surface area (TPSA) is 45.8 Å². The minimum Gasteiger partial charge on any atom is -0.462 e. The average Bonchev–Trinajstić information content (AvgIpc) is 3.34. The Bertz CT molecular complexity index is 737. The molecule has 0 bridgehead atoms. The molecule has 2 aromatic heterocycles. The van der Waals surface area contributed by atoms with E-state index in [1.54, 1.807) is 7.11 Å². The quantitative estimate of drug-likeness (QED) is 0.293. The SMILES string of the molecule is C=CCCC(O)(CCC=C)c1ccc(CN(CCCOC)Cc2ccc(C)s2)o1. The molecule has 0 unspecified atom stereocenters. The molecule has 2 rings (SSSR count). The lowest BCUT2D eigenvalue weighted by Gasteiger charge is -2.25. The Morgan fingerprint density at radius 3 is 2.45 bits per heavy atom. The van der Waals surface area contributed by atoms with Crippen LogP contribution in [0.25, 0.3) is 0 Å². The van der Waals surface area contributed by atoms with Gasteiger partial charge in [-0.2, -0.15) is 0 Å². The van der Waals surface area contributed by atoms with E-state index in [4.69, 9.17) is 9.15 Å². The Hall–Kier alpha value is -1.66. The molecule has 2 aromatic rings. The number of thiophene rings is 1. The zero-order valence-corrected chi connectivity index (χ0v) is 18.7. The van der Waals surface area contributed by atoms with Crippen molar-refractivity contribution in [3.8, 4) is 0 Å². The Morgan fingerprint density at radius 2 is 1.86 bits per heavy atom. The van der Waals surface area contributed by atoms with Gasteiger partial charge < -0.3 is 14.3 Å². The second kappa shape index (κ2) is 12.1. The predicted molar refractivity (Wildman–Crippen MR) is 121 cm³/mol. The number of rotatable bonds is 15. The number of aryl methyl sites for hydroxylation is 1. The maximum atomic E-state index is 11.2. The van der Waals surface area contributed by atoms with Crippen LogP contribution in [0.15, 0.2) is 54.0 Å². The summed E-state index contributed by atoms with van der Waals surface area (Å²) in [6.45, 7) is 13.0. The van der Waals surface area contributed by atoms with E-state index >= 15 is 0 Å². The van der Waals surface area contributed by atoms with Crippen LogP contribution in [0.2, 0.25) is 0 Å². The Labute approximate surface area is 179 Å². The molecule has 0 saturated heterocycles. The van der Waals surface area contributed by atoms with Crippen molar-refractivity contribution in [1.29, 1.82) is 0 Å². The molecule has 1 N–H and O–H groups in total. The molecular weight excluding hydrogens is 382 g/mol. The number of nitrogens with zero attached hydrogens (tertiary/aromatic N) is 1. The van der Waals surface area contributed by atoms with Crippen LogP contribution >= 0.6 is 11.3 Å². The first-order valence-corrected chi connectivity index (χ1v) is 11.1. The second-order valence-corrected chi connectivity index (χ2v) is 8.89. The van der Waals surface area contributed by atoms with Crippen molar-refractivity contribution < 1.29 is 14.3 Å². The molecule has 0 saturated carbocycles. The predicted octanol–water partition coefficient (Wildman–Crippen LogP) is 5.81. The number of ether oxygens (including phenoxy) is 1. The lowest BCUT2D eigenvalue weighted by molar-refractivity contribution is -0.00217. The van der Waals surface area contributed by atoms with Crippen LogP contribution < -0.4 is 0 Å². The maximum absolute atomic E-state index is 11.2. The number of hydrogen-bond donors (Lipinski definition) is 1. The van der Waals surface area contributed by atoms with Gasteiger partial charge >= 0.3 is 0 Å². The number of aliphatic hydroxyl groups is 1. The molecule has 0 fully saturated rings. The van der Waals surface area contributed by atoms with Gasteiger partial charge in [-0.25, -0.2) is 0 Å². The molecule has 0 aliphatic rings. The molecule has 5 heteroatoms. The molecule has 4 nitrogen and oxygen atoms in total. The van der Waals surface area contributed by atoms with Gasteiger partial charge in [0.2, 0.25) is 0 Å². The largest absolute Gasteiger partial charge is 0.462 e. The highest BCUT2D eigenvalue weighted by Crippen LogP contribution is 2.33. The van der Waals surface area contributed by atoms with Crippen LogP contribution in [0.3, 0.4) is 0 Å². The first-order chi connectivity index (χ1) is 14.0. The average molecular weight is 418 g/mol. The van der Waals surface area contributed by atoms with E-state index in [1.807, 2.05) is 35.6 Å². The van der Waals surface area contributed by atoms with Gasteiger partial charge in [-0.05, 0) is 63.3 Å². The van der Waals surface area contributed by atoms with Crippen molar-refractivity contribution in [3.63, 3.8) is 0 Å². The zero-order chi connectivity index (χ0) is 21.1. The van der Waals surface area contributed by atoms with Crippen molar-refractivity contribution >= 4 is 11.3 Å². The van der Waals surface area contributed by atoms with Gasteiger partial charge in [-0.1, -0.05) is 12.2 Å². The van der Waals surface area contributed by atoms with Crippen molar-refractivity contribution in [1.82, 2.24) is 4.90 Å². The van der Waals surface area contributed by atoms with E-state index in [0.717, 1.165) is 44.7 Å². The van der Waals surface area contributed by atoms with Crippen LogP contribution in [0, 0.1) is 6.92 Å². The summed E-state index contributed by atoms with van der Waals surface area (Å²) in [6, 6.07) is 8.27. The molecule has 0 aromatic carbocycles. The van der Waals surface area contributed by atoms with E-state index in [2.05, 4.69) is 37.1 Å². The Balaban J connectivity index is 2.10. The molecule has 0 spiro atoms. The molecule has 0 amide bonds. The number of allylic oxidation sites excluding steroid dienone is 2. The normalized spacial score (nSPS) is 11.9. The smallest absolute Gasteiger partial charge is 0.135 e.